The van der Waals surface area contributed by atoms with Crippen molar-refractivity contribution in [3.05, 3.63) is 64.7 Å². The van der Waals surface area contributed by atoms with E-state index in [0.29, 0.717) is 11.6 Å². The third-order valence-electron chi connectivity index (χ3n) is 5.03. The van der Waals surface area contributed by atoms with Crippen molar-refractivity contribution in [1.82, 2.24) is 4.90 Å². The van der Waals surface area contributed by atoms with Crippen LogP contribution < -0.4 is 4.74 Å². The lowest BCUT2D eigenvalue weighted by Gasteiger charge is -2.27. The van der Waals surface area contributed by atoms with Crippen molar-refractivity contribution in [3.8, 4) is 5.75 Å². The first-order valence-electron chi connectivity index (χ1n) is 8.99. The molecule has 0 unspecified atom stereocenters. The third kappa shape index (κ3) is 4.16. The fourth-order valence-electron chi connectivity index (χ4n) is 3.64. The number of aliphatic imine (C=N–C) groups is 1. The summed E-state index contributed by atoms with van der Waals surface area (Å²) in [5, 5.41) is 1.61. The standard InChI is InChI=1S/C20H21ClN2O3S2/c1-26-19-5-3-2-4-15(19)10-23-18-13-28(24,25)12-17(18)22-20(23)27-11-14-6-8-16(21)9-7-14/h2-9,17-18H,10-13H2,1H3/t17-,18+/m1/s1. The van der Waals surface area contributed by atoms with Crippen LogP contribution in [-0.4, -0.2) is 49.2 Å². The van der Waals surface area contributed by atoms with E-state index >= 15 is 0 Å². The zero-order valence-electron chi connectivity index (χ0n) is 15.4. The predicted octanol–water partition coefficient (Wildman–Crippen LogP) is 3.62. The zero-order chi connectivity index (χ0) is 19.7. The number of fused-ring (bicyclic) bond motifs is 1. The first kappa shape index (κ1) is 19.6. The molecule has 2 atom stereocenters. The SMILES string of the molecule is COc1ccccc1CN1C(SCc2ccc(Cl)cc2)=N[C@@H]2CS(=O)(=O)C[C@@H]21. The second-order valence-electron chi connectivity index (χ2n) is 6.98. The van der Waals surface area contributed by atoms with Crippen molar-refractivity contribution in [2.75, 3.05) is 18.6 Å². The lowest BCUT2D eigenvalue weighted by Crippen LogP contribution is -2.38. The van der Waals surface area contributed by atoms with Crippen molar-refractivity contribution in [1.29, 1.82) is 0 Å². The van der Waals surface area contributed by atoms with Crippen molar-refractivity contribution < 1.29 is 13.2 Å². The Morgan fingerprint density at radius 3 is 2.68 bits per heavy atom. The van der Waals surface area contributed by atoms with Crippen LogP contribution in [0.1, 0.15) is 11.1 Å². The Morgan fingerprint density at radius 2 is 1.93 bits per heavy atom. The van der Waals surface area contributed by atoms with E-state index in [1.54, 1.807) is 18.9 Å². The second-order valence-corrected chi connectivity index (χ2v) is 10.5. The quantitative estimate of drug-likeness (QED) is 0.716. The van der Waals surface area contributed by atoms with Gasteiger partial charge in [0.05, 0.1) is 30.7 Å². The number of methoxy groups -OCH3 is 1. The summed E-state index contributed by atoms with van der Waals surface area (Å²) < 4.78 is 29.8. The molecule has 0 amide bonds. The molecule has 0 N–H and O–H groups in total. The molecule has 148 valence electrons. The maximum Gasteiger partial charge on any atom is 0.160 e. The van der Waals surface area contributed by atoms with Gasteiger partial charge >= 0.3 is 0 Å². The molecule has 2 aliphatic rings. The first-order chi connectivity index (χ1) is 13.4. The normalized spacial score (nSPS) is 22.8. The van der Waals surface area contributed by atoms with Crippen LogP contribution in [0.2, 0.25) is 5.02 Å². The molecular weight excluding hydrogens is 416 g/mol. The molecule has 28 heavy (non-hydrogen) atoms. The van der Waals surface area contributed by atoms with Gasteiger partial charge in [0, 0.05) is 22.9 Å². The third-order valence-corrected chi connectivity index (χ3v) is 8.06. The van der Waals surface area contributed by atoms with Crippen molar-refractivity contribution >= 4 is 38.4 Å². The van der Waals surface area contributed by atoms with E-state index in [0.717, 1.165) is 27.8 Å². The van der Waals surface area contributed by atoms with E-state index in [1.165, 1.54) is 0 Å². The Balaban J connectivity index is 1.56. The van der Waals surface area contributed by atoms with Gasteiger partial charge in [0.1, 0.15) is 5.75 Å². The fourth-order valence-corrected chi connectivity index (χ4v) is 6.71. The van der Waals surface area contributed by atoms with Gasteiger partial charge in [-0.2, -0.15) is 0 Å². The van der Waals surface area contributed by atoms with Crippen molar-refractivity contribution in [2.45, 2.75) is 24.4 Å². The smallest absolute Gasteiger partial charge is 0.160 e. The van der Waals surface area contributed by atoms with Gasteiger partial charge in [-0.15, -0.1) is 0 Å². The van der Waals surface area contributed by atoms with Gasteiger partial charge in [-0.1, -0.05) is 53.7 Å². The molecule has 5 nitrogen and oxygen atoms in total. The molecule has 0 aliphatic carbocycles. The van der Waals surface area contributed by atoms with Crippen molar-refractivity contribution in [2.24, 2.45) is 4.99 Å². The first-order valence-corrected chi connectivity index (χ1v) is 12.2. The van der Waals surface area contributed by atoms with Gasteiger partial charge in [-0.05, 0) is 23.8 Å². The van der Waals surface area contributed by atoms with Gasteiger partial charge in [0.2, 0.25) is 0 Å². The highest BCUT2D eigenvalue weighted by atomic mass is 35.5. The van der Waals surface area contributed by atoms with Gasteiger partial charge in [-0.25, -0.2) is 8.42 Å². The number of benzene rings is 2. The van der Waals surface area contributed by atoms with Crippen molar-refractivity contribution in [3.63, 3.8) is 0 Å². The number of amidine groups is 1. The fraction of sp³-hybridized carbons (Fsp3) is 0.350. The highest BCUT2D eigenvalue weighted by molar-refractivity contribution is 8.13. The van der Waals surface area contributed by atoms with Crippen LogP contribution in [0.15, 0.2) is 53.5 Å². The lowest BCUT2D eigenvalue weighted by atomic mass is 10.1. The van der Waals surface area contributed by atoms with Gasteiger partial charge < -0.3 is 9.64 Å². The monoisotopic (exact) mass is 436 g/mol. The molecule has 0 saturated carbocycles. The molecule has 1 fully saturated rings. The summed E-state index contributed by atoms with van der Waals surface area (Å²) in [6.07, 6.45) is 0. The van der Waals surface area contributed by atoms with E-state index in [9.17, 15) is 8.42 Å². The Bertz CT molecular complexity index is 993. The summed E-state index contributed by atoms with van der Waals surface area (Å²) >= 11 is 7.60. The highest BCUT2D eigenvalue weighted by Crippen LogP contribution is 2.34. The number of hydrogen-bond donors (Lipinski definition) is 0. The number of para-hydroxylation sites is 1. The number of halogens is 1. The lowest BCUT2D eigenvalue weighted by molar-refractivity contribution is 0.332. The van der Waals surface area contributed by atoms with Gasteiger partial charge in [0.15, 0.2) is 15.0 Å². The van der Waals surface area contributed by atoms with Crippen LogP contribution in [0.4, 0.5) is 0 Å². The minimum atomic E-state index is -3.05. The molecule has 2 aromatic carbocycles. The molecule has 0 aromatic heterocycles. The zero-order valence-corrected chi connectivity index (χ0v) is 17.8. The number of ether oxygens (including phenoxy) is 1. The average Bonchev–Trinajstić information content (AvgIpc) is 3.14. The summed E-state index contributed by atoms with van der Waals surface area (Å²) in [6, 6.07) is 15.3. The molecule has 2 aromatic rings. The van der Waals surface area contributed by atoms with Gasteiger partial charge in [0.25, 0.3) is 0 Å². The van der Waals surface area contributed by atoms with E-state index in [-0.39, 0.29) is 23.6 Å². The van der Waals surface area contributed by atoms with Crippen LogP contribution in [0.25, 0.3) is 0 Å². The number of thioether (sulfide) groups is 1. The molecule has 0 spiro atoms. The number of nitrogens with zero attached hydrogens (tertiary/aromatic N) is 2. The summed E-state index contributed by atoms with van der Waals surface area (Å²) in [6.45, 7) is 0.577. The molecule has 2 heterocycles. The Labute approximate surface area is 174 Å². The molecule has 8 heteroatoms. The van der Waals surface area contributed by atoms with Crippen LogP contribution in [0.5, 0.6) is 5.75 Å². The summed E-state index contributed by atoms with van der Waals surface area (Å²) in [7, 11) is -1.40. The van der Waals surface area contributed by atoms with Crippen LogP contribution >= 0.6 is 23.4 Å². The van der Waals surface area contributed by atoms with E-state index in [4.69, 9.17) is 21.3 Å². The molecule has 0 bridgehead atoms. The molecule has 2 aliphatic heterocycles. The maximum atomic E-state index is 12.1. The summed E-state index contributed by atoms with van der Waals surface area (Å²) in [5.41, 5.74) is 2.17. The van der Waals surface area contributed by atoms with Gasteiger partial charge in [-0.3, -0.25) is 4.99 Å². The van der Waals surface area contributed by atoms with Crippen LogP contribution in [0.3, 0.4) is 0 Å². The Morgan fingerprint density at radius 1 is 1.18 bits per heavy atom. The minimum Gasteiger partial charge on any atom is -0.496 e. The second kappa shape index (κ2) is 7.97. The maximum absolute atomic E-state index is 12.1. The molecular formula is C20H21ClN2O3S2. The van der Waals surface area contributed by atoms with E-state index < -0.39 is 9.84 Å². The number of hydrogen-bond acceptors (Lipinski definition) is 6. The number of rotatable bonds is 5. The summed E-state index contributed by atoms with van der Waals surface area (Å²) in [4.78, 5) is 6.90. The topological polar surface area (TPSA) is 59.0 Å². The number of sulfone groups is 1. The Kier molecular flexibility index (Phi) is 5.58. The van der Waals surface area contributed by atoms with E-state index in [1.807, 2.05) is 48.5 Å². The van der Waals surface area contributed by atoms with Crippen LogP contribution in [-0.2, 0) is 22.1 Å². The Hall–Kier alpha value is -1.70. The molecule has 0 radical (unpaired) electrons. The minimum absolute atomic E-state index is 0.109. The van der Waals surface area contributed by atoms with E-state index in [2.05, 4.69) is 4.90 Å². The molecule has 4 rings (SSSR count). The summed E-state index contributed by atoms with van der Waals surface area (Å²) in [5.74, 6) is 1.84. The average molecular weight is 437 g/mol. The highest BCUT2D eigenvalue weighted by Gasteiger charge is 2.46. The molecule has 1 saturated heterocycles. The predicted molar refractivity (Wildman–Crippen MR) is 115 cm³/mol. The van der Waals surface area contributed by atoms with Crippen LogP contribution in [0, 0.1) is 0 Å². The largest absolute Gasteiger partial charge is 0.496 e.